The van der Waals surface area contributed by atoms with Crippen LogP contribution in [0.1, 0.15) is 26.7 Å². The lowest BCUT2D eigenvalue weighted by Crippen LogP contribution is -2.51. The van der Waals surface area contributed by atoms with Crippen molar-refractivity contribution >= 4 is 15.7 Å². The Morgan fingerprint density at radius 2 is 1.88 bits per heavy atom. The van der Waals surface area contributed by atoms with Crippen LogP contribution in [0.2, 0.25) is 0 Å². The van der Waals surface area contributed by atoms with Gasteiger partial charge in [0.05, 0.1) is 0 Å². The molecule has 100 valence electrons. The van der Waals surface area contributed by atoms with Gasteiger partial charge in [-0.1, -0.05) is 0 Å². The highest BCUT2D eigenvalue weighted by Gasteiger charge is 2.41. The van der Waals surface area contributed by atoms with Crippen LogP contribution in [0.3, 0.4) is 0 Å². The first-order chi connectivity index (χ1) is 7.55. The van der Waals surface area contributed by atoms with Gasteiger partial charge in [0, 0.05) is 25.9 Å². The summed E-state index contributed by atoms with van der Waals surface area (Å²) in [6.45, 7) is 3.49. The van der Waals surface area contributed by atoms with E-state index in [1.165, 1.54) is 18.7 Å². The normalized spacial score (nSPS) is 25.2. The summed E-state index contributed by atoms with van der Waals surface area (Å²) in [7, 11) is -1.75. The molecule has 0 atom stereocenters. The highest BCUT2D eigenvalue weighted by molar-refractivity contribution is 7.92. The molecule has 1 aliphatic rings. The molecule has 0 radical (unpaired) electrons. The summed E-state index contributed by atoms with van der Waals surface area (Å²) in [5, 5.41) is 0. The number of carbonyl (C=O) groups is 1. The molecule has 0 aromatic heterocycles. The third kappa shape index (κ3) is 2.98. The van der Waals surface area contributed by atoms with E-state index < -0.39 is 14.6 Å². The molecule has 5 nitrogen and oxygen atoms in total. The Labute approximate surface area is 103 Å². The van der Waals surface area contributed by atoms with E-state index in [0.29, 0.717) is 12.5 Å². The van der Waals surface area contributed by atoms with E-state index in [-0.39, 0.29) is 11.9 Å². The molecule has 0 saturated heterocycles. The lowest BCUT2D eigenvalue weighted by molar-refractivity contribution is -0.132. The second-order valence-electron chi connectivity index (χ2n) is 5.57. The molecule has 1 fully saturated rings. The number of amides is 1. The molecule has 1 amide bonds. The molecular weight excluding hydrogens is 240 g/mol. The second-order valence-corrected chi connectivity index (χ2v) is 8.13. The van der Waals surface area contributed by atoms with Gasteiger partial charge >= 0.3 is 0 Å². The molecule has 1 rings (SSSR count). The summed E-state index contributed by atoms with van der Waals surface area (Å²) >= 11 is 0. The van der Waals surface area contributed by atoms with Gasteiger partial charge < -0.3 is 10.6 Å². The maximum Gasteiger partial charge on any atom is 0.243 e. The highest BCUT2D eigenvalue weighted by atomic mass is 32.2. The van der Waals surface area contributed by atoms with Crippen LogP contribution in [-0.2, 0) is 14.6 Å². The Hall–Kier alpha value is -0.620. The number of nitrogens with two attached hydrogens (primary N) is 1. The van der Waals surface area contributed by atoms with Gasteiger partial charge in [-0.25, -0.2) is 8.42 Å². The lowest BCUT2D eigenvalue weighted by atomic mass is 9.80. The Kier molecular flexibility index (Phi) is 3.88. The van der Waals surface area contributed by atoms with Crippen LogP contribution >= 0.6 is 0 Å². The quantitative estimate of drug-likeness (QED) is 0.773. The third-order valence-corrected chi connectivity index (χ3v) is 5.62. The van der Waals surface area contributed by atoms with Crippen LogP contribution in [0.5, 0.6) is 0 Å². The molecule has 2 N–H and O–H groups in total. The fourth-order valence-corrected chi connectivity index (χ4v) is 2.50. The van der Waals surface area contributed by atoms with E-state index >= 15 is 0 Å². The summed E-state index contributed by atoms with van der Waals surface area (Å²) in [4.78, 5) is 13.6. The van der Waals surface area contributed by atoms with Gasteiger partial charge in [-0.3, -0.25) is 4.79 Å². The Balaban J connectivity index is 2.64. The Morgan fingerprint density at radius 1 is 1.41 bits per heavy atom. The van der Waals surface area contributed by atoms with E-state index in [1.54, 1.807) is 7.05 Å². The van der Waals surface area contributed by atoms with Gasteiger partial charge in [0.2, 0.25) is 5.91 Å². The first kappa shape index (κ1) is 14.4. The highest BCUT2D eigenvalue weighted by Crippen LogP contribution is 2.27. The molecule has 0 aromatic rings. The Bertz CT molecular complexity index is 397. The summed E-state index contributed by atoms with van der Waals surface area (Å²) < 4.78 is 21.8. The Morgan fingerprint density at radius 3 is 2.24 bits per heavy atom. The molecule has 1 saturated carbocycles. The number of rotatable bonds is 4. The first-order valence-electron chi connectivity index (χ1n) is 5.76. The van der Waals surface area contributed by atoms with Crippen LogP contribution in [0, 0.1) is 5.92 Å². The lowest BCUT2D eigenvalue weighted by Gasteiger charge is -2.37. The van der Waals surface area contributed by atoms with Crippen molar-refractivity contribution in [3.8, 4) is 0 Å². The monoisotopic (exact) mass is 262 g/mol. The minimum Gasteiger partial charge on any atom is -0.344 e. The minimum absolute atomic E-state index is 0.242. The van der Waals surface area contributed by atoms with Crippen LogP contribution in [-0.4, -0.2) is 49.9 Å². The van der Waals surface area contributed by atoms with Crippen LogP contribution in [0.25, 0.3) is 0 Å². The van der Waals surface area contributed by atoms with Crippen molar-refractivity contribution in [2.24, 2.45) is 11.7 Å². The maximum atomic E-state index is 12.1. The fourth-order valence-electron chi connectivity index (χ4n) is 2.02. The van der Waals surface area contributed by atoms with E-state index in [2.05, 4.69) is 0 Å². The molecule has 6 heteroatoms. The summed E-state index contributed by atoms with van der Waals surface area (Å²) in [6, 6.07) is 0.242. The largest absolute Gasteiger partial charge is 0.344 e. The smallest absolute Gasteiger partial charge is 0.243 e. The fraction of sp³-hybridized carbons (Fsp3) is 0.909. The van der Waals surface area contributed by atoms with Crippen molar-refractivity contribution in [1.29, 1.82) is 0 Å². The van der Waals surface area contributed by atoms with Gasteiger partial charge in [-0.05, 0) is 32.6 Å². The average molecular weight is 262 g/mol. The predicted octanol–water partition coefficient (Wildman–Crippen LogP) is 0.00530. The van der Waals surface area contributed by atoms with Crippen LogP contribution < -0.4 is 5.73 Å². The van der Waals surface area contributed by atoms with E-state index in [0.717, 1.165) is 19.1 Å². The molecule has 17 heavy (non-hydrogen) atoms. The molecule has 0 heterocycles. The molecule has 0 spiro atoms. The van der Waals surface area contributed by atoms with Crippen molar-refractivity contribution in [3.63, 3.8) is 0 Å². The van der Waals surface area contributed by atoms with Crippen molar-refractivity contribution < 1.29 is 13.2 Å². The summed E-state index contributed by atoms with van der Waals surface area (Å²) in [5.74, 6) is 0.0646. The molecule has 0 aromatic carbocycles. The number of carbonyl (C=O) groups excluding carboxylic acids is 1. The van der Waals surface area contributed by atoms with Gasteiger partial charge in [0.25, 0.3) is 0 Å². The SMILES string of the molecule is CN(CC1CC(N)C1)C(=O)C(C)(C)S(C)(=O)=O. The van der Waals surface area contributed by atoms with Crippen molar-refractivity contribution in [2.45, 2.75) is 37.5 Å². The second kappa shape index (κ2) is 4.57. The molecule has 1 aliphatic carbocycles. The zero-order valence-electron chi connectivity index (χ0n) is 10.9. The van der Waals surface area contributed by atoms with Gasteiger partial charge in [0.1, 0.15) is 4.75 Å². The van der Waals surface area contributed by atoms with Crippen LogP contribution in [0.15, 0.2) is 0 Å². The van der Waals surface area contributed by atoms with Crippen molar-refractivity contribution in [1.82, 2.24) is 4.90 Å². The number of nitrogens with zero attached hydrogens (tertiary/aromatic N) is 1. The number of sulfone groups is 1. The summed E-state index contributed by atoms with van der Waals surface area (Å²) in [5.41, 5.74) is 5.68. The van der Waals surface area contributed by atoms with E-state index in [9.17, 15) is 13.2 Å². The standard InChI is InChI=1S/C11H22N2O3S/c1-11(2,17(4,15)16)10(14)13(3)7-8-5-9(12)6-8/h8-9H,5-7,12H2,1-4H3. The number of hydrogen-bond acceptors (Lipinski definition) is 4. The molecule has 0 aliphatic heterocycles. The van der Waals surface area contributed by atoms with Crippen LogP contribution in [0.4, 0.5) is 0 Å². The topological polar surface area (TPSA) is 80.5 Å². The van der Waals surface area contributed by atoms with Gasteiger partial charge in [-0.2, -0.15) is 0 Å². The average Bonchev–Trinajstić information content (AvgIpc) is 2.12. The van der Waals surface area contributed by atoms with Gasteiger partial charge in [0.15, 0.2) is 9.84 Å². The molecular formula is C11H22N2O3S. The summed E-state index contributed by atoms with van der Waals surface area (Å²) in [6.07, 6.45) is 2.92. The first-order valence-corrected chi connectivity index (χ1v) is 7.65. The molecule has 0 unspecified atom stereocenters. The van der Waals surface area contributed by atoms with Crippen molar-refractivity contribution in [3.05, 3.63) is 0 Å². The number of hydrogen-bond donors (Lipinski definition) is 1. The maximum absolute atomic E-state index is 12.1. The minimum atomic E-state index is -3.40. The van der Waals surface area contributed by atoms with E-state index in [4.69, 9.17) is 5.73 Å². The van der Waals surface area contributed by atoms with E-state index in [1.807, 2.05) is 0 Å². The third-order valence-electron chi connectivity index (χ3n) is 3.59. The zero-order chi connectivity index (χ0) is 13.4. The predicted molar refractivity (Wildman–Crippen MR) is 67.3 cm³/mol. The van der Waals surface area contributed by atoms with Gasteiger partial charge in [-0.15, -0.1) is 0 Å². The molecule has 0 bridgehead atoms. The zero-order valence-corrected chi connectivity index (χ0v) is 11.8. The van der Waals surface area contributed by atoms with Crippen molar-refractivity contribution in [2.75, 3.05) is 19.8 Å².